The van der Waals surface area contributed by atoms with E-state index in [2.05, 4.69) is 5.32 Å². The van der Waals surface area contributed by atoms with Crippen molar-refractivity contribution in [3.63, 3.8) is 0 Å². The van der Waals surface area contributed by atoms with Crippen LogP contribution in [0.4, 0.5) is 4.79 Å². The molecule has 1 atom stereocenters. The number of aryl methyl sites for hydroxylation is 2. The molecule has 1 N–H and O–H groups in total. The molecule has 0 saturated carbocycles. The first-order valence-electron chi connectivity index (χ1n) is 8.23. The number of ether oxygens (including phenoxy) is 2. The van der Waals surface area contributed by atoms with Crippen molar-refractivity contribution in [1.82, 2.24) is 5.32 Å². The fraction of sp³-hybridized carbons (Fsp3) is 0.421. The number of rotatable bonds is 3. The summed E-state index contributed by atoms with van der Waals surface area (Å²) in [6.07, 6.45) is -0.709. The SMILES string of the molecule is Cc1cc(=O)oc2c(C)c(OC(=O)[C@H](C)NC(=O)OC(C)(C)C)ccc12. The number of alkyl carbamates (subject to hydrolysis) is 1. The molecule has 0 saturated heterocycles. The molecule has 26 heavy (non-hydrogen) atoms. The second-order valence-electron chi connectivity index (χ2n) is 7.10. The van der Waals surface area contributed by atoms with Crippen molar-refractivity contribution < 1.29 is 23.5 Å². The number of fused-ring (bicyclic) bond motifs is 1. The summed E-state index contributed by atoms with van der Waals surface area (Å²) in [6, 6.07) is 3.84. The molecule has 1 aromatic carbocycles. The molecule has 2 aromatic rings. The van der Waals surface area contributed by atoms with Gasteiger partial charge in [-0.15, -0.1) is 0 Å². The zero-order valence-corrected chi connectivity index (χ0v) is 15.8. The van der Waals surface area contributed by atoms with Gasteiger partial charge in [-0.2, -0.15) is 0 Å². The highest BCUT2D eigenvalue weighted by Gasteiger charge is 2.23. The van der Waals surface area contributed by atoms with E-state index in [4.69, 9.17) is 13.9 Å². The fourth-order valence-corrected chi connectivity index (χ4v) is 2.35. The van der Waals surface area contributed by atoms with E-state index in [-0.39, 0.29) is 5.75 Å². The van der Waals surface area contributed by atoms with E-state index in [1.165, 1.54) is 13.0 Å². The summed E-state index contributed by atoms with van der Waals surface area (Å²) < 4.78 is 15.7. The van der Waals surface area contributed by atoms with Gasteiger partial charge in [-0.25, -0.2) is 14.4 Å². The van der Waals surface area contributed by atoms with Gasteiger partial charge in [-0.3, -0.25) is 0 Å². The third-order valence-electron chi connectivity index (χ3n) is 3.62. The first kappa shape index (κ1) is 19.5. The van der Waals surface area contributed by atoms with E-state index >= 15 is 0 Å². The minimum Gasteiger partial charge on any atom is -0.444 e. The fourth-order valence-electron chi connectivity index (χ4n) is 2.35. The van der Waals surface area contributed by atoms with E-state index in [0.717, 1.165) is 10.9 Å². The zero-order valence-electron chi connectivity index (χ0n) is 15.8. The lowest BCUT2D eigenvalue weighted by molar-refractivity contribution is -0.136. The molecule has 0 radical (unpaired) electrons. The lowest BCUT2D eigenvalue weighted by atomic mass is 10.1. The Morgan fingerprint density at radius 2 is 1.85 bits per heavy atom. The summed E-state index contributed by atoms with van der Waals surface area (Å²) in [6.45, 7) is 10.2. The van der Waals surface area contributed by atoms with Gasteiger partial charge in [-0.05, 0) is 59.2 Å². The molecule has 7 heteroatoms. The topological polar surface area (TPSA) is 94.8 Å². The average molecular weight is 361 g/mol. The molecule has 0 unspecified atom stereocenters. The molecule has 0 bridgehead atoms. The first-order chi connectivity index (χ1) is 12.0. The van der Waals surface area contributed by atoms with Gasteiger partial charge < -0.3 is 19.2 Å². The number of hydrogen-bond acceptors (Lipinski definition) is 6. The van der Waals surface area contributed by atoms with Crippen molar-refractivity contribution in [2.24, 2.45) is 0 Å². The molecule has 1 aromatic heterocycles. The smallest absolute Gasteiger partial charge is 0.408 e. The highest BCUT2D eigenvalue weighted by atomic mass is 16.6. The van der Waals surface area contributed by atoms with E-state index < -0.39 is 29.3 Å². The molecular formula is C19H23NO6. The van der Waals surface area contributed by atoms with Gasteiger partial charge in [-0.1, -0.05) is 0 Å². The Morgan fingerprint density at radius 3 is 2.46 bits per heavy atom. The van der Waals surface area contributed by atoms with E-state index in [1.54, 1.807) is 46.8 Å². The summed E-state index contributed by atoms with van der Waals surface area (Å²) in [5.74, 6) is -0.401. The Hall–Kier alpha value is -2.83. The van der Waals surface area contributed by atoms with Crippen molar-refractivity contribution >= 4 is 23.0 Å². The number of benzene rings is 1. The van der Waals surface area contributed by atoms with Crippen LogP contribution in [0.15, 0.2) is 27.4 Å². The number of nitrogens with one attached hydrogen (secondary N) is 1. The van der Waals surface area contributed by atoms with Gasteiger partial charge >= 0.3 is 17.7 Å². The molecule has 0 aliphatic carbocycles. The second-order valence-corrected chi connectivity index (χ2v) is 7.10. The van der Waals surface area contributed by atoms with Crippen molar-refractivity contribution in [2.75, 3.05) is 0 Å². The molecule has 0 spiro atoms. The molecule has 0 aliphatic rings. The first-order valence-corrected chi connectivity index (χ1v) is 8.23. The van der Waals surface area contributed by atoms with Crippen LogP contribution in [-0.2, 0) is 9.53 Å². The standard InChI is InChI=1S/C19H23NO6/c1-10-9-15(21)25-16-11(2)14(8-7-13(10)16)24-17(22)12(3)20-18(23)26-19(4,5)6/h7-9,12H,1-6H3,(H,20,23)/t12-/m0/s1. The minimum atomic E-state index is -0.913. The highest BCUT2D eigenvalue weighted by molar-refractivity contribution is 5.87. The van der Waals surface area contributed by atoms with Crippen LogP contribution in [0.2, 0.25) is 0 Å². The van der Waals surface area contributed by atoms with E-state index in [1.807, 2.05) is 0 Å². The monoisotopic (exact) mass is 361 g/mol. The third-order valence-corrected chi connectivity index (χ3v) is 3.62. The van der Waals surface area contributed by atoms with Gasteiger partial charge in [0.05, 0.1) is 0 Å². The summed E-state index contributed by atoms with van der Waals surface area (Å²) in [5, 5.41) is 3.19. The maximum Gasteiger partial charge on any atom is 0.408 e. The summed E-state index contributed by atoms with van der Waals surface area (Å²) in [5.41, 5.74) is 0.533. The quantitative estimate of drug-likeness (QED) is 0.512. The van der Waals surface area contributed by atoms with Crippen LogP contribution in [0, 0.1) is 13.8 Å². The summed E-state index contributed by atoms with van der Waals surface area (Å²) in [4.78, 5) is 35.6. The zero-order chi connectivity index (χ0) is 19.6. The lowest BCUT2D eigenvalue weighted by Gasteiger charge is -2.21. The number of carbonyl (C=O) groups is 2. The molecule has 1 heterocycles. The average Bonchev–Trinajstić information content (AvgIpc) is 2.48. The Labute approximate surface area is 151 Å². The maximum atomic E-state index is 12.3. The largest absolute Gasteiger partial charge is 0.444 e. The molecule has 2 rings (SSSR count). The molecule has 140 valence electrons. The van der Waals surface area contributed by atoms with Crippen molar-refractivity contribution in [3.05, 3.63) is 39.7 Å². The molecule has 0 fully saturated rings. The lowest BCUT2D eigenvalue weighted by Crippen LogP contribution is -2.43. The Bertz CT molecular complexity index is 907. The maximum absolute atomic E-state index is 12.3. The normalized spacial score (nSPS) is 12.5. The third kappa shape index (κ3) is 4.62. The van der Waals surface area contributed by atoms with Gasteiger partial charge in [0.25, 0.3) is 0 Å². The van der Waals surface area contributed by atoms with Crippen LogP contribution < -0.4 is 15.7 Å². The van der Waals surface area contributed by atoms with Crippen molar-refractivity contribution in [2.45, 2.75) is 53.2 Å². The Balaban J connectivity index is 2.17. The summed E-state index contributed by atoms with van der Waals surface area (Å²) >= 11 is 0. The number of esters is 1. The predicted molar refractivity (Wildman–Crippen MR) is 96.4 cm³/mol. The Morgan fingerprint density at radius 1 is 1.19 bits per heavy atom. The van der Waals surface area contributed by atoms with Crippen LogP contribution in [0.3, 0.4) is 0 Å². The van der Waals surface area contributed by atoms with Gasteiger partial charge in [0.1, 0.15) is 23.0 Å². The van der Waals surface area contributed by atoms with Crippen LogP contribution in [0.1, 0.15) is 38.8 Å². The molecule has 0 aliphatic heterocycles. The van der Waals surface area contributed by atoms with Gasteiger partial charge in [0.2, 0.25) is 0 Å². The van der Waals surface area contributed by atoms with Crippen molar-refractivity contribution in [3.8, 4) is 5.75 Å². The van der Waals surface area contributed by atoms with E-state index in [9.17, 15) is 14.4 Å². The molecule has 1 amide bonds. The number of amides is 1. The van der Waals surface area contributed by atoms with Crippen molar-refractivity contribution in [1.29, 1.82) is 0 Å². The van der Waals surface area contributed by atoms with Gasteiger partial charge in [0, 0.05) is 17.0 Å². The van der Waals surface area contributed by atoms with E-state index in [0.29, 0.717) is 11.1 Å². The molecule has 7 nitrogen and oxygen atoms in total. The Kier molecular flexibility index (Phi) is 5.39. The summed E-state index contributed by atoms with van der Waals surface area (Å²) in [7, 11) is 0. The van der Waals surface area contributed by atoms with Crippen LogP contribution in [0.25, 0.3) is 11.0 Å². The number of carbonyl (C=O) groups excluding carboxylic acids is 2. The molecular weight excluding hydrogens is 338 g/mol. The van der Waals surface area contributed by atoms with Crippen LogP contribution in [-0.4, -0.2) is 23.7 Å². The highest BCUT2D eigenvalue weighted by Crippen LogP contribution is 2.28. The van der Waals surface area contributed by atoms with Crippen LogP contribution in [0.5, 0.6) is 5.75 Å². The number of hydrogen-bond donors (Lipinski definition) is 1. The minimum absolute atomic E-state index is 0.258. The second kappa shape index (κ2) is 7.19. The van der Waals surface area contributed by atoms with Crippen LogP contribution >= 0.6 is 0 Å². The van der Waals surface area contributed by atoms with Gasteiger partial charge in [0.15, 0.2) is 0 Å². The predicted octanol–water partition coefficient (Wildman–Crippen LogP) is 3.23.